The maximum Gasteiger partial charge on any atom is 0.308 e. The SMILES string of the molecule is CCOC(=O)[C@H]1CC[C@H](OC(C(=O)Cc2ccc(NC(=O)c3nn(C)c4ccccc34)c(Cl)c2)(N2CCCC2)N2C[C@@H](C)O[C@@H](C)C2)CC1. The summed E-state index contributed by atoms with van der Waals surface area (Å²) in [5, 5.41) is 8.41. The van der Waals surface area contributed by atoms with Crippen LogP contribution in [0.4, 0.5) is 5.69 Å². The molecule has 6 rings (SSSR count). The molecule has 1 unspecified atom stereocenters. The number of hydrogen-bond donors (Lipinski definition) is 1. The van der Waals surface area contributed by atoms with Gasteiger partial charge in [-0.05, 0) is 83.1 Å². The van der Waals surface area contributed by atoms with Crippen LogP contribution in [0.25, 0.3) is 10.9 Å². The van der Waals surface area contributed by atoms with Gasteiger partial charge in [0.1, 0.15) is 0 Å². The topological polar surface area (TPSA) is 115 Å². The molecule has 3 fully saturated rings. The van der Waals surface area contributed by atoms with E-state index in [0.717, 1.165) is 42.4 Å². The van der Waals surface area contributed by atoms with Crippen molar-refractivity contribution in [1.29, 1.82) is 0 Å². The van der Waals surface area contributed by atoms with Gasteiger partial charge in [-0.1, -0.05) is 35.9 Å². The number of morpholine rings is 1. The Hall–Kier alpha value is -3.35. The van der Waals surface area contributed by atoms with Crippen molar-refractivity contribution in [2.24, 2.45) is 13.0 Å². The van der Waals surface area contributed by atoms with Crippen LogP contribution in [0.5, 0.6) is 0 Å². The molecule has 49 heavy (non-hydrogen) atoms. The van der Waals surface area contributed by atoms with E-state index in [-0.39, 0.29) is 48.3 Å². The molecule has 264 valence electrons. The summed E-state index contributed by atoms with van der Waals surface area (Å²) < 4.78 is 20.2. The molecule has 1 N–H and O–H groups in total. The van der Waals surface area contributed by atoms with E-state index in [0.29, 0.717) is 61.8 Å². The summed E-state index contributed by atoms with van der Waals surface area (Å²) in [5.41, 5.74) is 2.33. The second-order valence-corrected chi connectivity index (χ2v) is 14.1. The van der Waals surface area contributed by atoms with Gasteiger partial charge in [0, 0.05) is 45.0 Å². The predicted octanol–water partition coefficient (Wildman–Crippen LogP) is 5.59. The molecule has 3 heterocycles. The smallest absolute Gasteiger partial charge is 0.308 e. The van der Waals surface area contributed by atoms with Gasteiger partial charge in [-0.15, -0.1) is 0 Å². The van der Waals surface area contributed by atoms with Gasteiger partial charge in [0.2, 0.25) is 5.85 Å². The molecule has 1 amide bonds. The van der Waals surface area contributed by atoms with Crippen molar-refractivity contribution in [1.82, 2.24) is 19.6 Å². The summed E-state index contributed by atoms with van der Waals surface area (Å²) in [4.78, 5) is 45.1. The number of ether oxygens (including phenoxy) is 3. The number of benzene rings is 2. The lowest BCUT2D eigenvalue weighted by atomic mass is 9.87. The van der Waals surface area contributed by atoms with E-state index in [1.54, 1.807) is 23.9 Å². The molecule has 1 saturated carbocycles. The molecule has 0 spiro atoms. The standard InChI is InChI=1S/C37H48ClN5O6/c1-5-47-36(46)27-13-15-28(16-14-27)49-37(42-18-8-9-19-42,43-22-24(2)48-25(3)23-43)33(44)21-26-12-17-31(30(38)20-26)39-35(45)34-29-10-6-7-11-32(29)41(4)40-34/h6-7,10-12,17,20,24-25,27-28H,5,8-9,13-16,18-19,21-23H2,1-4H3,(H,39,45)/t24-,25+,27-,28-,37?. The number of hydrogen-bond acceptors (Lipinski definition) is 9. The summed E-state index contributed by atoms with van der Waals surface area (Å²) >= 11 is 6.76. The highest BCUT2D eigenvalue weighted by atomic mass is 35.5. The van der Waals surface area contributed by atoms with Crippen molar-refractivity contribution >= 4 is 45.9 Å². The van der Waals surface area contributed by atoms with Gasteiger partial charge in [0.05, 0.1) is 47.1 Å². The highest BCUT2D eigenvalue weighted by Crippen LogP contribution is 2.38. The van der Waals surface area contributed by atoms with E-state index >= 15 is 0 Å². The molecule has 12 heteroatoms. The number of para-hydroxylation sites is 1. The maximum atomic E-state index is 14.9. The molecule has 3 atom stereocenters. The third-order valence-electron chi connectivity index (χ3n) is 9.99. The summed E-state index contributed by atoms with van der Waals surface area (Å²) in [6.07, 6.45) is 4.40. The lowest BCUT2D eigenvalue weighted by molar-refractivity contribution is -0.274. The van der Waals surface area contributed by atoms with Crippen LogP contribution in [-0.4, -0.2) is 94.2 Å². The molecule has 3 aromatic rings. The Morgan fingerprint density at radius 2 is 1.69 bits per heavy atom. The van der Waals surface area contributed by atoms with Crippen molar-refractivity contribution < 1.29 is 28.6 Å². The average Bonchev–Trinajstić information content (AvgIpc) is 3.74. The first-order chi connectivity index (χ1) is 23.6. The number of nitrogens with zero attached hydrogens (tertiary/aromatic N) is 4. The maximum absolute atomic E-state index is 14.9. The fourth-order valence-electron chi connectivity index (χ4n) is 7.76. The Morgan fingerprint density at radius 3 is 2.37 bits per heavy atom. The van der Waals surface area contributed by atoms with Crippen molar-refractivity contribution in [3.05, 3.63) is 58.7 Å². The van der Waals surface area contributed by atoms with Gasteiger partial charge in [-0.25, -0.2) is 0 Å². The van der Waals surface area contributed by atoms with Crippen LogP contribution in [0.3, 0.4) is 0 Å². The van der Waals surface area contributed by atoms with Gasteiger partial charge >= 0.3 is 5.97 Å². The number of nitrogens with one attached hydrogen (secondary N) is 1. The number of rotatable bonds is 11. The van der Waals surface area contributed by atoms with Crippen molar-refractivity contribution in [2.75, 3.05) is 38.1 Å². The number of carbonyl (C=O) groups is 3. The minimum absolute atomic E-state index is 0.0592. The zero-order valence-corrected chi connectivity index (χ0v) is 29.7. The normalized spacial score (nSPS) is 24.8. The Kier molecular flexibility index (Phi) is 11.1. The Balaban J connectivity index is 1.25. The Labute approximate surface area is 293 Å². The number of likely N-dealkylation sites (tertiary alicyclic amines) is 1. The van der Waals surface area contributed by atoms with E-state index in [2.05, 4.69) is 20.2 Å². The number of halogens is 1. The van der Waals surface area contributed by atoms with Crippen molar-refractivity contribution in [2.45, 2.75) is 89.9 Å². The van der Waals surface area contributed by atoms with Crippen LogP contribution in [0.2, 0.25) is 5.02 Å². The number of aromatic nitrogens is 2. The van der Waals surface area contributed by atoms with Crippen LogP contribution >= 0.6 is 11.6 Å². The van der Waals surface area contributed by atoms with E-state index in [4.69, 9.17) is 25.8 Å². The Morgan fingerprint density at radius 1 is 1.00 bits per heavy atom. The first-order valence-corrected chi connectivity index (χ1v) is 18.0. The highest BCUT2D eigenvalue weighted by molar-refractivity contribution is 6.34. The van der Waals surface area contributed by atoms with Gasteiger partial charge in [0.25, 0.3) is 5.91 Å². The minimum atomic E-state index is -1.29. The van der Waals surface area contributed by atoms with Crippen LogP contribution in [0, 0.1) is 5.92 Å². The van der Waals surface area contributed by atoms with Crippen molar-refractivity contribution in [3.63, 3.8) is 0 Å². The van der Waals surface area contributed by atoms with E-state index in [1.165, 1.54) is 0 Å². The number of fused-ring (bicyclic) bond motifs is 1. The number of carbonyl (C=O) groups excluding carboxylic acids is 3. The molecule has 1 aromatic heterocycles. The number of aryl methyl sites for hydroxylation is 1. The molecule has 2 aliphatic heterocycles. The third-order valence-corrected chi connectivity index (χ3v) is 10.3. The largest absolute Gasteiger partial charge is 0.466 e. The van der Waals surface area contributed by atoms with Crippen LogP contribution in [0.15, 0.2) is 42.5 Å². The molecular formula is C37H48ClN5O6. The van der Waals surface area contributed by atoms with E-state index < -0.39 is 5.85 Å². The molecule has 0 radical (unpaired) electrons. The van der Waals surface area contributed by atoms with Gasteiger partial charge < -0.3 is 19.5 Å². The minimum Gasteiger partial charge on any atom is -0.466 e. The van der Waals surface area contributed by atoms with Gasteiger partial charge in [0.15, 0.2) is 11.5 Å². The van der Waals surface area contributed by atoms with Crippen LogP contribution in [0.1, 0.15) is 75.3 Å². The fraction of sp³-hybridized carbons (Fsp3) is 0.568. The van der Waals surface area contributed by atoms with E-state index in [1.807, 2.05) is 51.1 Å². The second kappa shape index (κ2) is 15.3. The molecule has 1 aliphatic carbocycles. The van der Waals surface area contributed by atoms with Gasteiger partial charge in [-0.3, -0.25) is 28.9 Å². The summed E-state index contributed by atoms with van der Waals surface area (Å²) in [5.74, 6) is -2.00. The molecule has 3 aliphatic rings. The third kappa shape index (κ3) is 7.56. The van der Waals surface area contributed by atoms with Crippen molar-refractivity contribution in [3.8, 4) is 0 Å². The second-order valence-electron chi connectivity index (χ2n) is 13.7. The zero-order chi connectivity index (χ0) is 34.7. The summed E-state index contributed by atoms with van der Waals surface area (Å²) in [7, 11) is 1.80. The fourth-order valence-corrected chi connectivity index (χ4v) is 8.01. The number of amides is 1. The van der Waals surface area contributed by atoms with Crippen LogP contribution < -0.4 is 5.32 Å². The van der Waals surface area contributed by atoms with E-state index in [9.17, 15) is 14.4 Å². The lowest BCUT2D eigenvalue weighted by Crippen LogP contribution is -2.71. The average molecular weight is 694 g/mol. The molecule has 2 saturated heterocycles. The monoisotopic (exact) mass is 693 g/mol. The molecule has 2 aromatic carbocycles. The van der Waals surface area contributed by atoms with Gasteiger partial charge in [-0.2, -0.15) is 5.10 Å². The zero-order valence-electron chi connectivity index (χ0n) is 29.0. The first kappa shape index (κ1) is 35.5. The molecular weight excluding hydrogens is 646 g/mol. The molecule has 0 bridgehead atoms. The predicted molar refractivity (Wildman–Crippen MR) is 187 cm³/mol. The van der Waals surface area contributed by atoms with Crippen LogP contribution in [-0.2, 0) is 37.3 Å². The summed E-state index contributed by atoms with van der Waals surface area (Å²) in [6, 6.07) is 12.9. The quantitative estimate of drug-likeness (QED) is 0.257. The molecule has 11 nitrogen and oxygen atoms in total. The highest BCUT2D eigenvalue weighted by Gasteiger charge is 2.54. The lowest BCUT2D eigenvalue weighted by Gasteiger charge is -2.52. The first-order valence-electron chi connectivity index (χ1n) is 17.6. The number of esters is 1. The summed E-state index contributed by atoms with van der Waals surface area (Å²) in [6.45, 7) is 8.87. The number of ketones is 1. The Bertz CT molecular complexity index is 1660. The number of anilines is 1. The number of Topliss-reactive ketones (excluding diaryl/α,β-unsaturated/α-hetero) is 1.